The van der Waals surface area contributed by atoms with Crippen LogP contribution in [0, 0.1) is 0 Å². The third kappa shape index (κ3) is 3.98. The summed E-state index contributed by atoms with van der Waals surface area (Å²) in [6.45, 7) is 0. The van der Waals surface area contributed by atoms with Gasteiger partial charge < -0.3 is 10.4 Å². The van der Waals surface area contributed by atoms with Crippen LogP contribution in [0.4, 0.5) is 18.9 Å². The fraction of sp³-hybridized carbons (Fsp3) is 0.133. The van der Waals surface area contributed by atoms with Crippen LogP contribution < -0.4 is 5.32 Å². The van der Waals surface area contributed by atoms with Crippen LogP contribution in [0.15, 0.2) is 48.5 Å². The minimum absolute atomic E-state index is 0.00371. The Labute approximate surface area is 119 Å². The van der Waals surface area contributed by atoms with E-state index in [-0.39, 0.29) is 17.9 Å². The lowest BCUT2D eigenvalue weighted by Gasteiger charge is -2.13. The molecule has 2 aromatic carbocycles. The highest BCUT2D eigenvalue weighted by molar-refractivity contribution is 5.93. The highest BCUT2D eigenvalue weighted by Crippen LogP contribution is 2.34. The fourth-order valence-corrected chi connectivity index (χ4v) is 1.89. The van der Waals surface area contributed by atoms with Crippen LogP contribution in [-0.4, -0.2) is 11.0 Å². The van der Waals surface area contributed by atoms with E-state index in [0.29, 0.717) is 5.56 Å². The zero-order chi connectivity index (χ0) is 15.5. The van der Waals surface area contributed by atoms with E-state index in [9.17, 15) is 23.1 Å². The van der Waals surface area contributed by atoms with Crippen LogP contribution in [0.2, 0.25) is 0 Å². The number of hydrogen-bond acceptors (Lipinski definition) is 2. The molecule has 0 atom stereocenters. The number of rotatable bonds is 3. The predicted octanol–water partition coefficient (Wildman–Crippen LogP) is 3.59. The number of carbonyl (C=O) groups excluding carboxylic acids is 1. The predicted molar refractivity (Wildman–Crippen MR) is 71.9 cm³/mol. The number of halogens is 3. The number of nitrogens with one attached hydrogen (secondary N) is 1. The van der Waals surface area contributed by atoms with Gasteiger partial charge in [-0.25, -0.2) is 0 Å². The number of amides is 1. The zero-order valence-corrected chi connectivity index (χ0v) is 10.8. The Kier molecular flexibility index (Phi) is 4.16. The molecule has 0 aliphatic rings. The van der Waals surface area contributed by atoms with E-state index in [0.717, 1.165) is 6.07 Å². The molecular weight excluding hydrogens is 283 g/mol. The number of para-hydroxylation sites is 1. The standard InChI is InChI=1S/C15H12F3NO2/c16-15(17,18)12-6-1-2-7-13(12)19-14(21)9-10-4-3-5-11(20)8-10/h1-8,20H,9H2,(H,19,21). The topological polar surface area (TPSA) is 49.3 Å². The molecule has 0 saturated heterocycles. The summed E-state index contributed by atoms with van der Waals surface area (Å²) in [4.78, 5) is 11.8. The Morgan fingerprint density at radius 1 is 1.10 bits per heavy atom. The average Bonchev–Trinajstić information content (AvgIpc) is 2.37. The Morgan fingerprint density at radius 3 is 2.48 bits per heavy atom. The lowest BCUT2D eigenvalue weighted by Crippen LogP contribution is -2.18. The van der Waals surface area contributed by atoms with E-state index in [4.69, 9.17) is 0 Å². The van der Waals surface area contributed by atoms with Gasteiger partial charge in [0.25, 0.3) is 0 Å². The Bertz CT molecular complexity index is 653. The summed E-state index contributed by atoms with van der Waals surface area (Å²) < 4.78 is 38.4. The first-order valence-corrected chi connectivity index (χ1v) is 6.10. The van der Waals surface area contributed by atoms with Gasteiger partial charge in [-0.2, -0.15) is 13.2 Å². The van der Waals surface area contributed by atoms with E-state index in [1.165, 1.54) is 30.3 Å². The van der Waals surface area contributed by atoms with Crippen molar-refractivity contribution >= 4 is 11.6 Å². The summed E-state index contributed by atoms with van der Waals surface area (Å²) in [5.74, 6) is -0.590. The van der Waals surface area contributed by atoms with Gasteiger partial charge in [0.1, 0.15) is 5.75 Å². The number of anilines is 1. The van der Waals surface area contributed by atoms with Crippen LogP contribution >= 0.6 is 0 Å². The second kappa shape index (κ2) is 5.87. The number of aromatic hydroxyl groups is 1. The molecule has 0 aromatic heterocycles. The second-order valence-corrected chi connectivity index (χ2v) is 4.44. The van der Waals surface area contributed by atoms with Crippen molar-refractivity contribution in [3.63, 3.8) is 0 Å². The van der Waals surface area contributed by atoms with Gasteiger partial charge in [-0.1, -0.05) is 24.3 Å². The quantitative estimate of drug-likeness (QED) is 0.909. The van der Waals surface area contributed by atoms with Crippen molar-refractivity contribution in [1.82, 2.24) is 0 Å². The Morgan fingerprint density at radius 2 is 1.81 bits per heavy atom. The highest BCUT2D eigenvalue weighted by atomic mass is 19.4. The van der Waals surface area contributed by atoms with Gasteiger partial charge in [-0.3, -0.25) is 4.79 Å². The van der Waals surface area contributed by atoms with E-state index >= 15 is 0 Å². The van der Waals surface area contributed by atoms with Crippen LogP contribution in [0.1, 0.15) is 11.1 Å². The Balaban J connectivity index is 2.14. The van der Waals surface area contributed by atoms with Gasteiger partial charge in [0.2, 0.25) is 5.91 Å². The molecule has 0 heterocycles. The van der Waals surface area contributed by atoms with Crippen molar-refractivity contribution in [3.8, 4) is 5.75 Å². The van der Waals surface area contributed by atoms with E-state index in [1.54, 1.807) is 12.1 Å². The molecule has 3 nitrogen and oxygen atoms in total. The lowest BCUT2D eigenvalue weighted by molar-refractivity contribution is -0.137. The number of alkyl halides is 3. The van der Waals surface area contributed by atoms with Crippen molar-refractivity contribution < 1.29 is 23.1 Å². The van der Waals surface area contributed by atoms with Crippen molar-refractivity contribution in [2.45, 2.75) is 12.6 Å². The molecule has 0 aliphatic carbocycles. The van der Waals surface area contributed by atoms with Crippen molar-refractivity contribution in [3.05, 3.63) is 59.7 Å². The molecule has 1 amide bonds. The molecule has 6 heteroatoms. The van der Waals surface area contributed by atoms with E-state index in [1.807, 2.05) is 0 Å². The normalized spacial score (nSPS) is 11.2. The minimum Gasteiger partial charge on any atom is -0.508 e. The molecule has 21 heavy (non-hydrogen) atoms. The molecule has 0 aliphatic heterocycles. The van der Waals surface area contributed by atoms with Gasteiger partial charge in [0, 0.05) is 0 Å². The third-order valence-corrected chi connectivity index (χ3v) is 2.78. The highest BCUT2D eigenvalue weighted by Gasteiger charge is 2.33. The minimum atomic E-state index is -4.53. The molecule has 0 saturated carbocycles. The van der Waals surface area contributed by atoms with Crippen LogP contribution in [0.25, 0.3) is 0 Å². The fourth-order valence-electron chi connectivity index (χ4n) is 1.89. The Hall–Kier alpha value is -2.50. The first kappa shape index (κ1) is 14.9. The second-order valence-electron chi connectivity index (χ2n) is 4.44. The number of phenolic OH excluding ortho intramolecular Hbond substituents is 1. The van der Waals surface area contributed by atoms with Gasteiger partial charge >= 0.3 is 6.18 Å². The lowest BCUT2D eigenvalue weighted by atomic mass is 10.1. The van der Waals surface area contributed by atoms with Crippen molar-refractivity contribution in [2.24, 2.45) is 0 Å². The molecule has 0 fully saturated rings. The first-order valence-electron chi connectivity index (χ1n) is 6.10. The maximum absolute atomic E-state index is 12.8. The van der Waals surface area contributed by atoms with E-state index in [2.05, 4.69) is 5.32 Å². The molecule has 0 unspecified atom stereocenters. The molecule has 2 rings (SSSR count). The van der Waals surface area contributed by atoms with Gasteiger partial charge in [-0.05, 0) is 29.8 Å². The van der Waals surface area contributed by atoms with Gasteiger partial charge in [0.05, 0.1) is 17.7 Å². The number of carbonyl (C=O) groups is 1. The maximum atomic E-state index is 12.8. The van der Waals surface area contributed by atoms with Gasteiger partial charge in [0.15, 0.2) is 0 Å². The summed E-state index contributed by atoms with van der Waals surface area (Å²) >= 11 is 0. The third-order valence-electron chi connectivity index (χ3n) is 2.78. The molecular formula is C15H12F3NO2. The van der Waals surface area contributed by atoms with Crippen molar-refractivity contribution in [2.75, 3.05) is 5.32 Å². The number of phenols is 1. The summed E-state index contributed by atoms with van der Waals surface area (Å²) in [6.07, 6.45) is -4.66. The van der Waals surface area contributed by atoms with Gasteiger partial charge in [-0.15, -0.1) is 0 Å². The molecule has 0 spiro atoms. The summed E-state index contributed by atoms with van der Waals surface area (Å²) in [5.41, 5.74) is -0.665. The van der Waals surface area contributed by atoms with Crippen LogP contribution in [0.3, 0.4) is 0 Å². The maximum Gasteiger partial charge on any atom is 0.418 e. The molecule has 0 bridgehead atoms. The smallest absolute Gasteiger partial charge is 0.418 e. The number of benzene rings is 2. The zero-order valence-electron chi connectivity index (χ0n) is 10.8. The average molecular weight is 295 g/mol. The molecule has 0 radical (unpaired) electrons. The number of hydrogen-bond donors (Lipinski definition) is 2. The van der Waals surface area contributed by atoms with Crippen LogP contribution in [0.5, 0.6) is 5.75 Å². The summed E-state index contributed by atoms with van der Waals surface area (Å²) in [5, 5.41) is 11.5. The van der Waals surface area contributed by atoms with Crippen LogP contribution in [-0.2, 0) is 17.4 Å². The van der Waals surface area contributed by atoms with Crippen molar-refractivity contribution in [1.29, 1.82) is 0 Å². The SMILES string of the molecule is O=C(Cc1cccc(O)c1)Nc1ccccc1C(F)(F)F. The monoisotopic (exact) mass is 295 g/mol. The largest absolute Gasteiger partial charge is 0.508 e. The summed E-state index contributed by atoms with van der Waals surface area (Å²) in [7, 11) is 0. The molecule has 2 N–H and O–H groups in total. The van der Waals surface area contributed by atoms with E-state index < -0.39 is 17.6 Å². The summed E-state index contributed by atoms with van der Waals surface area (Å²) in [6, 6.07) is 10.8. The first-order chi connectivity index (χ1) is 9.86. The molecule has 110 valence electrons. The molecule has 2 aromatic rings.